The third-order valence-corrected chi connectivity index (χ3v) is 4.98. The average molecular weight is 449 g/mol. The van der Waals surface area contributed by atoms with Crippen LogP contribution < -0.4 is 16.8 Å². The number of esters is 1. The van der Waals surface area contributed by atoms with Crippen LogP contribution in [0.1, 0.15) is 76.7 Å². The highest BCUT2D eigenvalue weighted by Crippen LogP contribution is 2.09. The highest BCUT2D eigenvalue weighted by molar-refractivity contribution is 5.81. The first-order valence-electron chi connectivity index (χ1n) is 11.7. The Labute approximate surface area is 192 Å². The number of benzene rings is 1. The van der Waals surface area contributed by atoms with Crippen LogP contribution in [0, 0.1) is 0 Å². The third-order valence-electron chi connectivity index (χ3n) is 4.98. The smallest absolute Gasteiger partial charge is 0.408 e. The second-order valence-corrected chi connectivity index (χ2v) is 7.85. The fourth-order valence-electron chi connectivity index (χ4n) is 3.17. The summed E-state index contributed by atoms with van der Waals surface area (Å²) >= 11 is 0. The number of nitrogens with one attached hydrogen (secondary N) is 1. The minimum absolute atomic E-state index is 0.00551. The molecule has 1 rings (SSSR count). The lowest BCUT2D eigenvalue weighted by Gasteiger charge is -2.17. The fourth-order valence-corrected chi connectivity index (χ4v) is 3.17. The lowest BCUT2D eigenvalue weighted by molar-refractivity contribution is -0.146. The second-order valence-electron chi connectivity index (χ2n) is 7.85. The average Bonchev–Trinajstić information content (AvgIpc) is 2.79. The van der Waals surface area contributed by atoms with Crippen LogP contribution in [0.2, 0.25) is 0 Å². The number of aliphatic imine (C=N–C) groups is 1. The number of nitrogens with zero attached hydrogens (tertiary/aromatic N) is 1. The van der Waals surface area contributed by atoms with Crippen LogP contribution in [0.3, 0.4) is 0 Å². The molecule has 0 radical (unpaired) electrons. The lowest BCUT2D eigenvalue weighted by atomic mass is 10.1. The Morgan fingerprint density at radius 1 is 0.938 bits per heavy atom. The number of rotatable bonds is 17. The van der Waals surface area contributed by atoms with Crippen LogP contribution in [0.25, 0.3) is 0 Å². The summed E-state index contributed by atoms with van der Waals surface area (Å²) in [4.78, 5) is 28.6. The van der Waals surface area contributed by atoms with Crippen LogP contribution in [0.4, 0.5) is 4.79 Å². The van der Waals surface area contributed by atoms with Crippen molar-refractivity contribution < 1.29 is 19.1 Å². The van der Waals surface area contributed by atoms with Crippen molar-refractivity contribution in [3.05, 3.63) is 35.9 Å². The van der Waals surface area contributed by atoms with Crippen LogP contribution in [0.5, 0.6) is 0 Å². The number of carbonyl (C=O) groups excluding carboxylic acids is 2. The Morgan fingerprint density at radius 2 is 1.59 bits per heavy atom. The quantitative estimate of drug-likeness (QED) is 0.143. The van der Waals surface area contributed by atoms with E-state index in [1.807, 2.05) is 30.3 Å². The van der Waals surface area contributed by atoms with Gasteiger partial charge in [0.25, 0.3) is 0 Å². The highest BCUT2D eigenvalue weighted by Gasteiger charge is 2.22. The first-order chi connectivity index (χ1) is 15.5. The standard InChI is InChI=1S/C24H40N4O4/c1-2-3-4-5-6-7-8-12-18-31-22(29)21(16-13-17-27-23(25)26)28-24(30)32-19-20-14-10-9-11-15-20/h9-11,14-15,21H,2-8,12-13,16-19H2,1H3,(H,28,30)(H4,25,26,27)/t21-/m0/s1. The highest BCUT2D eigenvalue weighted by atomic mass is 16.6. The van der Waals surface area contributed by atoms with Gasteiger partial charge in [0, 0.05) is 6.54 Å². The van der Waals surface area contributed by atoms with Crippen molar-refractivity contribution in [3.8, 4) is 0 Å². The predicted octanol–water partition coefficient (Wildman–Crippen LogP) is 4.02. The molecule has 8 nitrogen and oxygen atoms in total. The van der Waals surface area contributed by atoms with Gasteiger partial charge in [-0.15, -0.1) is 0 Å². The Morgan fingerprint density at radius 3 is 2.25 bits per heavy atom. The molecule has 0 unspecified atom stereocenters. The van der Waals surface area contributed by atoms with E-state index in [-0.39, 0.29) is 12.6 Å². The molecule has 5 N–H and O–H groups in total. The number of alkyl carbamates (subject to hydrolysis) is 1. The van der Waals surface area contributed by atoms with E-state index < -0.39 is 18.1 Å². The van der Waals surface area contributed by atoms with Crippen LogP contribution in [-0.4, -0.2) is 37.2 Å². The third kappa shape index (κ3) is 14.3. The van der Waals surface area contributed by atoms with Crippen molar-refractivity contribution in [2.45, 2.75) is 83.8 Å². The summed E-state index contributed by atoms with van der Waals surface area (Å²) in [6, 6.07) is 8.54. The van der Waals surface area contributed by atoms with E-state index in [2.05, 4.69) is 17.2 Å². The molecule has 0 aliphatic rings. The molecule has 0 fully saturated rings. The normalized spacial score (nSPS) is 11.4. The van der Waals surface area contributed by atoms with Gasteiger partial charge in [0.15, 0.2) is 5.96 Å². The Hall–Kier alpha value is -2.77. The SMILES string of the molecule is CCCCCCCCCCOC(=O)[C@H](CCCN=C(N)N)NC(=O)OCc1ccccc1. The summed E-state index contributed by atoms with van der Waals surface area (Å²) in [5, 5.41) is 2.61. The largest absolute Gasteiger partial charge is 0.464 e. The zero-order valence-corrected chi connectivity index (χ0v) is 19.4. The number of amides is 1. The lowest BCUT2D eigenvalue weighted by Crippen LogP contribution is -2.42. The maximum Gasteiger partial charge on any atom is 0.408 e. The molecule has 0 saturated heterocycles. The maximum absolute atomic E-state index is 12.5. The van der Waals surface area contributed by atoms with Gasteiger partial charge >= 0.3 is 12.1 Å². The second kappa shape index (κ2) is 17.9. The van der Waals surface area contributed by atoms with Crippen molar-refractivity contribution in [1.82, 2.24) is 5.32 Å². The van der Waals surface area contributed by atoms with Gasteiger partial charge < -0.3 is 26.3 Å². The number of unbranched alkanes of at least 4 members (excludes halogenated alkanes) is 7. The molecule has 0 saturated carbocycles. The number of hydrogen-bond donors (Lipinski definition) is 3. The number of hydrogen-bond acceptors (Lipinski definition) is 5. The molecule has 1 amide bonds. The molecule has 32 heavy (non-hydrogen) atoms. The molecule has 0 heterocycles. The molecule has 8 heteroatoms. The minimum atomic E-state index is -0.804. The summed E-state index contributed by atoms with van der Waals surface area (Å²) in [5.74, 6) is -0.469. The van der Waals surface area contributed by atoms with Gasteiger partial charge in [0.1, 0.15) is 12.6 Å². The molecular formula is C24H40N4O4. The molecule has 0 spiro atoms. The zero-order chi connectivity index (χ0) is 23.4. The maximum atomic E-state index is 12.5. The Balaban J connectivity index is 2.37. The van der Waals surface area contributed by atoms with Crippen molar-refractivity contribution in [2.24, 2.45) is 16.5 Å². The summed E-state index contributed by atoms with van der Waals surface area (Å²) in [7, 11) is 0. The van der Waals surface area contributed by atoms with Gasteiger partial charge in [0.05, 0.1) is 6.61 Å². The molecule has 180 valence electrons. The van der Waals surface area contributed by atoms with Crippen LogP contribution in [-0.2, 0) is 20.9 Å². The van der Waals surface area contributed by atoms with Crippen LogP contribution >= 0.6 is 0 Å². The fraction of sp³-hybridized carbons (Fsp3) is 0.625. The summed E-state index contributed by atoms with van der Waals surface area (Å²) in [6.07, 6.45) is 9.52. The molecule has 0 bridgehead atoms. The molecule has 0 aliphatic heterocycles. The van der Waals surface area contributed by atoms with E-state index in [0.29, 0.717) is 26.0 Å². The molecule has 0 aliphatic carbocycles. The number of guanidine groups is 1. The number of carbonyl (C=O) groups is 2. The molecule has 1 aromatic rings. The predicted molar refractivity (Wildman–Crippen MR) is 127 cm³/mol. The molecule has 1 aromatic carbocycles. The first-order valence-corrected chi connectivity index (χ1v) is 11.7. The zero-order valence-electron chi connectivity index (χ0n) is 19.4. The van der Waals surface area contributed by atoms with Gasteiger partial charge in [-0.2, -0.15) is 0 Å². The van der Waals surface area contributed by atoms with Gasteiger partial charge in [-0.05, 0) is 24.8 Å². The first kappa shape index (κ1) is 27.3. The Bertz CT molecular complexity index is 663. The monoisotopic (exact) mass is 448 g/mol. The van der Waals surface area contributed by atoms with Crippen LogP contribution in [0.15, 0.2) is 35.3 Å². The topological polar surface area (TPSA) is 129 Å². The van der Waals surface area contributed by atoms with E-state index in [1.54, 1.807) is 0 Å². The number of ether oxygens (including phenoxy) is 2. The van der Waals surface area contributed by atoms with Crippen molar-refractivity contribution in [2.75, 3.05) is 13.2 Å². The molecular weight excluding hydrogens is 408 g/mol. The van der Waals surface area contributed by atoms with Crippen molar-refractivity contribution in [1.29, 1.82) is 0 Å². The van der Waals surface area contributed by atoms with Gasteiger partial charge in [-0.1, -0.05) is 82.2 Å². The summed E-state index contributed by atoms with van der Waals surface area (Å²) in [6.45, 7) is 3.05. The molecule has 0 aromatic heterocycles. The van der Waals surface area contributed by atoms with Gasteiger partial charge in [0.2, 0.25) is 0 Å². The van der Waals surface area contributed by atoms with Gasteiger partial charge in [-0.3, -0.25) is 4.99 Å². The van der Waals surface area contributed by atoms with E-state index in [0.717, 1.165) is 24.8 Å². The van der Waals surface area contributed by atoms with Crippen molar-refractivity contribution >= 4 is 18.0 Å². The summed E-state index contributed by atoms with van der Waals surface area (Å²) < 4.78 is 10.6. The minimum Gasteiger partial charge on any atom is -0.464 e. The van der Waals surface area contributed by atoms with E-state index in [4.69, 9.17) is 20.9 Å². The molecule has 1 atom stereocenters. The van der Waals surface area contributed by atoms with Crippen molar-refractivity contribution in [3.63, 3.8) is 0 Å². The number of nitrogens with two attached hydrogens (primary N) is 2. The Kier molecular flexibility index (Phi) is 15.2. The summed E-state index contributed by atoms with van der Waals surface area (Å²) in [5.41, 5.74) is 11.5. The van der Waals surface area contributed by atoms with E-state index in [9.17, 15) is 9.59 Å². The van der Waals surface area contributed by atoms with E-state index >= 15 is 0 Å². The van der Waals surface area contributed by atoms with Gasteiger partial charge in [-0.25, -0.2) is 9.59 Å². The van der Waals surface area contributed by atoms with E-state index in [1.165, 1.54) is 32.1 Å².